The minimum absolute atomic E-state index is 0.0291. The Labute approximate surface area is 155 Å². The second-order valence-corrected chi connectivity index (χ2v) is 8.14. The summed E-state index contributed by atoms with van der Waals surface area (Å²) in [6, 6.07) is 2.12. The summed E-state index contributed by atoms with van der Waals surface area (Å²) in [4.78, 5) is 24.6. The largest absolute Gasteiger partial charge is 0.380 e. The molecule has 2 aromatic heterocycles. The fourth-order valence-corrected chi connectivity index (χ4v) is 4.79. The van der Waals surface area contributed by atoms with Gasteiger partial charge in [0.25, 0.3) is 5.56 Å². The summed E-state index contributed by atoms with van der Waals surface area (Å²) in [6.45, 7) is 3.03. The van der Waals surface area contributed by atoms with Crippen LogP contribution in [0.15, 0.2) is 22.2 Å². The fourth-order valence-electron chi connectivity index (χ4n) is 3.85. The van der Waals surface area contributed by atoms with E-state index in [0.717, 1.165) is 68.4 Å². The van der Waals surface area contributed by atoms with Gasteiger partial charge in [-0.1, -0.05) is 11.8 Å². The monoisotopic (exact) mass is 371 g/mol. The molecule has 2 saturated heterocycles. The Morgan fingerprint density at radius 3 is 2.69 bits per heavy atom. The lowest BCUT2D eigenvalue weighted by Crippen LogP contribution is -2.30. The van der Waals surface area contributed by atoms with Crippen LogP contribution in [-0.4, -0.2) is 41.4 Å². The molecule has 26 heavy (non-hydrogen) atoms. The van der Waals surface area contributed by atoms with Crippen LogP contribution in [0.3, 0.4) is 0 Å². The van der Waals surface area contributed by atoms with Crippen molar-refractivity contribution >= 4 is 11.8 Å². The van der Waals surface area contributed by atoms with Crippen LogP contribution in [0, 0.1) is 0 Å². The molecule has 0 atom stereocenters. The van der Waals surface area contributed by atoms with Crippen molar-refractivity contribution in [1.29, 1.82) is 0 Å². The minimum Gasteiger partial charge on any atom is -0.380 e. The first-order chi connectivity index (χ1) is 12.8. The molecule has 3 aliphatic rings. The Hall–Kier alpha value is -1.70. The van der Waals surface area contributed by atoms with Gasteiger partial charge in [0.05, 0.1) is 37.8 Å². The van der Waals surface area contributed by atoms with Crippen molar-refractivity contribution in [2.75, 3.05) is 26.4 Å². The number of hydrogen-bond donors (Lipinski definition) is 1. The van der Waals surface area contributed by atoms with E-state index in [2.05, 4.69) is 21.0 Å². The second-order valence-electron chi connectivity index (χ2n) is 7.17. The van der Waals surface area contributed by atoms with Crippen LogP contribution in [0.25, 0.3) is 0 Å². The number of ether oxygens (including phenoxy) is 2. The zero-order valence-corrected chi connectivity index (χ0v) is 15.3. The Kier molecular flexibility index (Phi) is 4.30. The number of nitrogens with one attached hydrogen (secondary N) is 1. The molecule has 0 spiro atoms. The standard InChI is InChI=1S/C19H21N3O3S/c23-18-14-2-1-3-16(14)21-19(22-18)26-10-15-13(11-6-24-7-11)4-5-20-17(15)12-8-25-9-12/h4-5,11-12H,1-3,6-10H2,(H,21,22,23). The van der Waals surface area contributed by atoms with Gasteiger partial charge in [0.1, 0.15) is 0 Å². The van der Waals surface area contributed by atoms with Crippen molar-refractivity contribution in [1.82, 2.24) is 15.0 Å². The van der Waals surface area contributed by atoms with Gasteiger partial charge >= 0.3 is 0 Å². The number of pyridine rings is 1. The van der Waals surface area contributed by atoms with Crippen LogP contribution in [0.2, 0.25) is 0 Å². The molecular formula is C19H21N3O3S. The summed E-state index contributed by atoms with van der Waals surface area (Å²) in [7, 11) is 0. The summed E-state index contributed by atoms with van der Waals surface area (Å²) in [5, 5.41) is 0.714. The first-order valence-electron chi connectivity index (χ1n) is 9.17. The molecule has 0 aromatic carbocycles. The number of hydrogen-bond acceptors (Lipinski definition) is 6. The molecule has 0 bridgehead atoms. The maximum absolute atomic E-state index is 12.3. The third kappa shape index (κ3) is 2.88. The molecule has 2 aliphatic heterocycles. The molecule has 5 rings (SSSR count). The molecule has 136 valence electrons. The molecule has 1 aliphatic carbocycles. The molecule has 7 heteroatoms. The Balaban J connectivity index is 1.44. The third-order valence-electron chi connectivity index (χ3n) is 5.50. The predicted molar refractivity (Wildman–Crippen MR) is 97.8 cm³/mol. The van der Waals surface area contributed by atoms with E-state index in [1.807, 2.05) is 6.20 Å². The normalized spacial score (nSPS) is 19.8. The molecule has 2 fully saturated rings. The second kappa shape index (κ2) is 6.79. The maximum atomic E-state index is 12.3. The number of thioether (sulfide) groups is 1. The Morgan fingerprint density at radius 1 is 1.15 bits per heavy atom. The molecule has 6 nitrogen and oxygen atoms in total. The van der Waals surface area contributed by atoms with Gasteiger partial charge in [-0.3, -0.25) is 9.78 Å². The highest BCUT2D eigenvalue weighted by molar-refractivity contribution is 7.98. The van der Waals surface area contributed by atoms with Crippen LogP contribution in [-0.2, 0) is 28.1 Å². The molecule has 0 saturated carbocycles. The van der Waals surface area contributed by atoms with E-state index in [4.69, 9.17) is 9.47 Å². The summed E-state index contributed by atoms with van der Waals surface area (Å²) in [6.07, 6.45) is 4.70. The minimum atomic E-state index is 0.0291. The average Bonchev–Trinajstić information content (AvgIpc) is 3.00. The molecule has 0 unspecified atom stereocenters. The molecule has 1 N–H and O–H groups in total. The highest BCUT2D eigenvalue weighted by atomic mass is 32.2. The van der Waals surface area contributed by atoms with E-state index < -0.39 is 0 Å². The summed E-state index contributed by atoms with van der Waals surface area (Å²) < 4.78 is 10.8. The number of aromatic amines is 1. The van der Waals surface area contributed by atoms with Crippen LogP contribution < -0.4 is 5.56 Å². The van der Waals surface area contributed by atoms with Crippen molar-refractivity contribution in [2.24, 2.45) is 0 Å². The maximum Gasteiger partial charge on any atom is 0.254 e. The lowest BCUT2D eigenvalue weighted by Gasteiger charge is -2.32. The van der Waals surface area contributed by atoms with Gasteiger partial charge in [0, 0.05) is 29.3 Å². The number of aromatic nitrogens is 3. The number of H-pyrrole nitrogens is 1. The lowest BCUT2D eigenvalue weighted by molar-refractivity contribution is 0.00390. The summed E-state index contributed by atoms with van der Waals surface area (Å²) in [5.74, 6) is 1.58. The number of nitrogens with zero attached hydrogens (tertiary/aromatic N) is 2. The van der Waals surface area contributed by atoms with Crippen LogP contribution >= 0.6 is 11.8 Å². The molecular weight excluding hydrogens is 350 g/mol. The van der Waals surface area contributed by atoms with Crippen molar-refractivity contribution in [2.45, 2.75) is 42.0 Å². The third-order valence-corrected chi connectivity index (χ3v) is 6.40. The van der Waals surface area contributed by atoms with Crippen molar-refractivity contribution in [3.63, 3.8) is 0 Å². The fraction of sp³-hybridized carbons (Fsp3) is 0.526. The highest BCUT2D eigenvalue weighted by Gasteiger charge is 2.30. The van der Waals surface area contributed by atoms with E-state index >= 15 is 0 Å². The van der Waals surface area contributed by atoms with Crippen molar-refractivity contribution in [3.05, 3.63) is 50.7 Å². The lowest BCUT2D eigenvalue weighted by atomic mass is 9.89. The number of fused-ring (bicyclic) bond motifs is 1. The van der Waals surface area contributed by atoms with Crippen LogP contribution in [0.5, 0.6) is 0 Å². The number of aryl methyl sites for hydroxylation is 1. The van der Waals surface area contributed by atoms with Gasteiger partial charge in [0.2, 0.25) is 0 Å². The SMILES string of the molecule is O=c1[nH]c(SCc2c(C3COC3)ccnc2C2COC2)nc2c1CCC2. The van der Waals surface area contributed by atoms with Crippen LogP contribution in [0.1, 0.15) is 46.3 Å². The van der Waals surface area contributed by atoms with Gasteiger partial charge in [-0.2, -0.15) is 0 Å². The topological polar surface area (TPSA) is 77.1 Å². The van der Waals surface area contributed by atoms with Gasteiger partial charge in [-0.15, -0.1) is 0 Å². The van der Waals surface area contributed by atoms with Gasteiger partial charge in [-0.05, 0) is 36.5 Å². The van der Waals surface area contributed by atoms with Crippen LogP contribution in [0.4, 0.5) is 0 Å². The Morgan fingerprint density at radius 2 is 1.96 bits per heavy atom. The van der Waals surface area contributed by atoms with E-state index in [1.165, 1.54) is 11.1 Å². The summed E-state index contributed by atoms with van der Waals surface area (Å²) in [5.41, 5.74) is 5.60. The van der Waals surface area contributed by atoms with E-state index in [1.54, 1.807) is 11.8 Å². The first kappa shape index (κ1) is 16.5. The Bertz CT molecular complexity index is 858. The zero-order chi connectivity index (χ0) is 17.5. The van der Waals surface area contributed by atoms with E-state index in [0.29, 0.717) is 17.0 Å². The average molecular weight is 371 g/mol. The molecule has 4 heterocycles. The first-order valence-corrected chi connectivity index (χ1v) is 10.2. The zero-order valence-electron chi connectivity index (χ0n) is 14.5. The quantitative estimate of drug-likeness (QED) is 0.641. The van der Waals surface area contributed by atoms with E-state index in [9.17, 15) is 4.79 Å². The van der Waals surface area contributed by atoms with Gasteiger partial charge < -0.3 is 14.5 Å². The van der Waals surface area contributed by atoms with Gasteiger partial charge in [-0.25, -0.2) is 4.98 Å². The summed E-state index contributed by atoms with van der Waals surface area (Å²) >= 11 is 1.60. The van der Waals surface area contributed by atoms with Gasteiger partial charge in [0.15, 0.2) is 5.16 Å². The molecule has 0 radical (unpaired) electrons. The van der Waals surface area contributed by atoms with Crippen molar-refractivity contribution in [3.8, 4) is 0 Å². The number of rotatable bonds is 5. The van der Waals surface area contributed by atoms with Crippen molar-refractivity contribution < 1.29 is 9.47 Å². The molecule has 2 aromatic rings. The molecule has 0 amide bonds. The smallest absolute Gasteiger partial charge is 0.254 e. The van der Waals surface area contributed by atoms with E-state index in [-0.39, 0.29) is 5.56 Å². The highest BCUT2D eigenvalue weighted by Crippen LogP contribution is 2.36. The predicted octanol–water partition coefficient (Wildman–Crippen LogP) is 2.17.